The van der Waals surface area contributed by atoms with Gasteiger partial charge in [-0.05, 0) is 24.6 Å². The Bertz CT molecular complexity index is 430. The molecular formula is C12H12BrF3O2. The van der Waals surface area contributed by atoms with Gasteiger partial charge < -0.3 is 4.74 Å². The summed E-state index contributed by atoms with van der Waals surface area (Å²) in [6.07, 6.45) is -3.85. The van der Waals surface area contributed by atoms with Crippen molar-refractivity contribution in [1.82, 2.24) is 0 Å². The summed E-state index contributed by atoms with van der Waals surface area (Å²) in [5, 5.41) is 0. The second kappa shape index (κ2) is 6.33. The summed E-state index contributed by atoms with van der Waals surface area (Å²) in [4.78, 5) is 11.7. The third-order valence-corrected chi connectivity index (χ3v) is 2.66. The summed E-state index contributed by atoms with van der Waals surface area (Å²) in [5.74, 6) is -0.664. The van der Waals surface area contributed by atoms with Gasteiger partial charge in [0.25, 0.3) is 0 Å². The molecule has 0 fully saturated rings. The number of halogens is 4. The smallest absolute Gasteiger partial charge is 0.373 e. The maximum Gasteiger partial charge on any atom is 0.417 e. The first-order chi connectivity index (χ1) is 8.36. The number of rotatable bonds is 5. The molecule has 0 bridgehead atoms. The van der Waals surface area contributed by atoms with Gasteiger partial charge in [0, 0.05) is 16.6 Å². The third kappa shape index (κ3) is 4.10. The molecule has 0 aliphatic carbocycles. The standard InChI is InChI=1S/C12H12BrF3O2/c1-2-5-18-7-11(17)9-4-3-8(13)6-10(9)12(14,15)16/h3-4,6H,2,5,7H2,1H3. The number of ketones is 1. The highest BCUT2D eigenvalue weighted by Crippen LogP contribution is 2.34. The van der Waals surface area contributed by atoms with E-state index in [1.807, 2.05) is 6.92 Å². The van der Waals surface area contributed by atoms with Crippen molar-refractivity contribution in [3.05, 3.63) is 33.8 Å². The van der Waals surface area contributed by atoms with Crippen molar-refractivity contribution in [2.45, 2.75) is 19.5 Å². The van der Waals surface area contributed by atoms with Crippen LogP contribution in [-0.4, -0.2) is 19.0 Å². The van der Waals surface area contributed by atoms with Crippen LogP contribution in [0, 0.1) is 0 Å². The Morgan fingerprint density at radius 2 is 2.06 bits per heavy atom. The molecule has 1 aromatic rings. The van der Waals surface area contributed by atoms with E-state index in [1.54, 1.807) is 0 Å². The van der Waals surface area contributed by atoms with Crippen LogP contribution < -0.4 is 0 Å². The van der Waals surface area contributed by atoms with Crippen molar-refractivity contribution in [3.8, 4) is 0 Å². The molecule has 18 heavy (non-hydrogen) atoms. The summed E-state index contributed by atoms with van der Waals surface area (Å²) in [5.41, 5.74) is -1.30. The lowest BCUT2D eigenvalue weighted by atomic mass is 10.0. The van der Waals surface area contributed by atoms with Crippen molar-refractivity contribution >= 4 is 21.7 Å². The molecule has 0 saturated heterocycles. The Labute approximate surface area is 111 Å². The fourth-order valence-corrected chi connectivity index (χ4v) is 1.74. The fraction of sp³-hybridized carbons (Fsp3) is 0.417. The largest absolute Gasteiger partial charge is 0.417 e. The van der Waals surface area contributed by atoms with E-state index in [-0.39, 0.29) is 16.6 Å². The van der Waals surface area contributed by atoms with Gasteiger partial charge >= 0.3 is 6.18 Å². The van der Waals surface area contributed by atoms with Gasteiger partial charge in [-0.25, -0.2) is 0 Å². The molecule has 0 radical (unpaired) electrons. The number of carbonyl (C=O) groups is 1. The van der Waals surface area contributed by atoms with Gasteiger partial charge in [-0.2, -0.15) is 13.2 Å². The highest BCUT2D eigenvalue weighted by Gasteiger charge is 2.35. The molecule has 0 aliphatic rings. The van der Waals surface area contributed by atoms with Crippen LogP contribution in [0.25, 0.3) is 0 Å². The molecule has 6 heteroatoms. The third-order valence-electron chi connectivity index (χ3n) is 2.17. The van der Waals surface area contributed by atoms with Crippen LogP contribution in [0.3, 0.4) is 0 Å². The Hall–Kier alpha value is -0.880. The first-order valence-corrected chi connectivity index (χ1v) is 6.13. The number of ether oxygens (including phenoxy) is 1. The molecule has 0 aliphatic heterocycles. The molecule has 2 nitrogen and oxygen atoms in total. The first kappa shape index (κ1) is 15.2. The zero-order chi connectivity index (χ0) is 13.8. The lowest BCUT2D eigenvalue weighted by Gasteiger charge is -2.12. The normalized spacial score (nSPS) is 11.6. The minimum absolute atomic E-state index is 0.279. The van der Waals surface area contributed by atoms with Gasteiger partial charge in [0.05, 0.1) is 5.56 Å². The van der Waals surface area contributed by atoms with Crippen molar-refractivity contribution in [2.75, 3.05) is 13.2 Å². The number of carbonyl (C=O) groups excluding carboxylic acids is 1. The Kier molecular flexibility index (Phi) is 5.34. The van der Waals surface area contributed by atoms with E-state index in [1.165, 1.54) is 6.07 Å². The number of benzene rings is 1. The maximum atomic E-state index is 12.8. The SMILES string of the molecule is CCCOCC(=O)c1ccc(Br)cc1C(F)(F)F. The first-order valence-electron chi connectivity index (χ1n) is 5.34. The predicted molar refractivity (Wildman–Crippen MR) is 64.6 cm³/mol. The van der Waals surface area contributed by atoms with E-state index in [0.29, 0.717) is 13.0 Å². The Balaban J connectivity index is 2.97. The van der Waals surface area contributed by atoms with Crippen molar-refractivity contribution in [3.63, 3.8) is 0 Å². The van der Waals surface area contributed by atoms with Crippen LogP contribution >= 0.6 is 15.9 Å². The van der Waals surface area contributed by atoms with Crippen molar-refractivity contribution in [1.29, 1.82) is 0 Å². The highest BCUT2D eigenvalue weighted by molar-refractivity contribution is 9.10. The summed E-state index contributed by atoms with van der Waals surface area (Å²) in [6.45, 7) is 1.87. The predicted octanol–water partition coefficient (Wildman–Crippen LogP) is 4.08. The molecule has 0 unspecified atom stereocenters. The fourth-order valence-electron chi connectivity index (χ4n) is 1.38. The van der Waals surface area contributed by atoms with Crippen LogP contribution in [0.2, 0.25) is 0 Å². The van der Waals surface area contributed by atoms with Crippen LogP contribution in [0.1, 0.15) is 29.3 Å². The minimum atomic E-state index is -4.56. The number of Topliss-reactive ketones (excluding diaryl/α,β-unsaturated/α-hetero) is 1. The zero-order valence-corrected chi connectivity index (χ0v) is 11.3. The average Bonchev–Trinajstić information content (AvgIpc) is 2.28. The van der Waals surface area contributed by atoms with Crippen LogP contribution in [-0.2, 0) is 10.9 Å². The van der Waals surface area contributed by atoms with E-state index in [2.05, 4.69) is 15.9 Å². The van der Waals surface area contributed by atoms with Gasteiger partial charge in [0.15, 0.2) is 5.78 Å². The lowest BCUT2D eigenvalue weighted by Crippen LogP contribution is -2.17. The molecule has 100 valence electrons. The molecule has 1 aromatic carbocycles. The van der Waals surface area contributed by atoms with Gasteiger partial charge in [-0.3, -0.25) is 4.79 Å². The topological polar surface area (TPSA) is 26.3 Å². The van der Waals surface area contributed by atoms with Crippen molar-refractivity contribution < 1.29 is 22.7 Å². The quantitative estimate of drug-likeness (QED) is 0.602. The van der Waals surface area contributed by atoms with Gasteiger partial charge in [0.2, 0.25) is 0 Å². The van der Waals surface area contributed by atoms with Crippen LogP contribution in [0.4, 0.5) is 13.2 Å². The molecular weight excluding hydrogens is 313 g/mol. The molecule has 0 N–H and O–H groups in total. The van der Waals surface area contributed by atoms with E-state index >= 15 is 0 Å². The molecule has 0 spiro atoms. The summed E-state index contributed by atoms with van der Waals surface area (Å²) >= 11 is 2.96. The average molecular weight is 325 g/mol. The van der Waals surface area contributed by atoms with Gasteiger partial charge in [-0.1, -0.05) is 22.9 Å². The monoisotopic (exact) mass is 324 g/mol. The second-order valence-electron chi connectivity index (χ2n) is 3.66. The molecule has 0 aromatic heterocycles. The number of alkyl halides is 3. The molecule has 0 heterocycles. The van der Waals surface area contributed by atoms with Gasteiger partial charge in [-0.15, -0.1) is 0 Å². The van der Waals surface area contributed by atoms with Crippen LogP contribution in [0.15, 0.2) is 22.7 Å². The summed E-state index contributed by atoms with van der Waals surface area (Å²) in [6, 6.07) is 3.46. The van der Waals surface area contributed by atoms with E-state index in [4.69, 9.17) is 4.74 Å². The molecule has 0 atom stereocenters. The van der Waals surface area contributed by atoms with Crippen LogP contribution in [0.5, 0.6) is 0 Å². The van der Waals surface area contributed by atoms with Gasteiger partial charge in [0.1, 0.15) is 6.61 Å². The lowest BCUT2D eigenvalue weighted by molar-refractivity contribution is -0.138. The van der Waals surface area contributed by atoms with E-state index < -0.39 is 17.5 Å². The summed E-state index contributed by atoms with van der Waals surface area (Å²) in [7, 11) is 0. The number of hydrogen-bond donors (Lipinski definition) is 0. The zero-order valence-electron chi connectivity index (χ0n) is 9.68. The molecule has 1 rings (SSSR count). The number of hydrogen-bond acceptors (Lipinski definition) is 2. The van der Waals surface area contributed by atoms with Crippen molar-refractivity contribution in [2.24, 2.45) is 0 Å². The Morgan fingerprint density at radius 1 is 1.39 bits per heavy atom. The second-order valence-corrected chi connectivity index (χ2v) is 4.58. The molecule has 0 amide bonds. The minimum Gasteiger partial charge on any atom is -0.373 e. The summed E-state index contributed by atoms with van der Waals surface area (Å²) < 4.78 is 43.5. The molecule has 0 saturated carbocycles. The van der Waals surface area contributed by atoms with E-state index in [0.717, 1.165) is 12.1 Å². The Morgan fingerprint density at radius 3 is 2.61 bits per heavy atom. The highest BCUT2D eigenvalue weighted by atomic mass is 79.9. The maximum absolute atomic E-state index is 12.8. The van der Waals surface area contributed by atoms with E-state index in [9.17, 15) is 18.0 Å².